The van der Waals surface area contributed by atoms with Crippen LogP contribution in [-0.2, 0) is 19.1 Å². The normalized spacial score (nSPS) is 17.2. The number of ether oxygens (including phenoxy) is 1. The van der Waals surface area contributed by atoms with Gasteiger partial charge >= 0.3 is 6.09 Å². The third-order valence-electron chi connectivity index (χ3n) is 4.32. The molecule has 0 aliphatic carbocycles. The van der Waals surface area contributed by atoms with Crippen molar-refractivity contribution in [3.05, 3.63) is 0 Å². The monoisotopic (exact) mass is 472 g/mol. The Balaban J connectivity index is 0.00000235. The van der Waals surface area contributed by atoms with Crippen molar-refractivity contribution in [1.82, 2.24) is 21.3 Å². The maximum atomic E-state index is 12.2. The minimum absolute atomic E-state index is 0.117. The standard InChI is InChI=1S/C19H34N4O6.C4H10/c1-5-6-8-20-17(27)15(25)13(10-12-7-9-21-16(12)26)23-14(24)11-22-18(28)29-19(2,3)4;1-4(2)3/h12-13,15,25H,5-11H2,1-4H3,(H,20,27)(H,21,26)(H,22,28)(H,23,24);4H,1-3H3. The molecular weight excluding hydrogens is 428 g/mol. The highest BCUT2D eigenvalue weighted by Crippen LogP contribution is 2.18. The molecule has 0 aromatic carbocycles. The Hall–Kier alpha value is -2.36. The fourth-order valence-electron chi connectivity index (χ4n) is 2.84. The second kappa shape index (κ2) is 15.5. The first-order valence-electron chi connectivity index (χ1n) is 11.8. The molecule has 0 aromatic heterocycles. The molecule has 3 atom stereocenters. The van der Waals surface area contributed by atoms with Crippen molar-refractivity contribution in [2.24, 2.45) is 11.8 Å². The Kier molecular flexibility index (Phi) is 14.4. The maximum Gasteiger partial charge on any atom is 0.408 e. The fraction of sp³-hybridized carbons (Fsp3) is 0.826. The lowest BCUT2D eigenvalue weighted by Crippen LogP contribution is -2.53. The second-order valence-corrected chi connectivity index (χ2v) is 9.86. The fourth-order valence-corrected chi connectivity index (χ4v) is 2.84. The Labute approximate surface area is 198 Å². The summed E-state index contributed by atoms with van der Waals surface area (Å²) < 4.78 is 5.06. The maximum absolute atomic E-state index is 12.2. The number of nitrogens with one attached hydrogen (secondary N) is 4. The summed E-state index contributed by atoms with van der Waals surface area (Å²) in [5, 5.41) is 20.6. The van der Waals surface area contributed by atoms with Crippen molar-refractivity contribution >= 4 is 23.8 Å². The van der Waals surface area contributed by atoms with Crippen molar-refractivity contribution in [1.29, 1.82) is 0 Å². The van der Waals surface area contributed by atoms with Gasteiger partial charge in [-0.05, 0) is 46.0 Å². The zero-order valence-electron chi connectivity index (χ0n) is 21.2. The first-order valence-corrected chi connectivity index (χ1v) is 11.8. The molecule has 10 heteroatoms. The van der Waals surface area contributed by atoms with Gasteiger partial charge < -0.3 is 31.1 Å². The highest BCUT2D eigenvalue weighted by molar-refractivity contribution is 5.86. The second-order valence-electron chi connectivity index (χ2n) is 9.86. The zero-order valence-corrected chi connectivity index (χ0v) is 21.2. The van der Waals surface area contributed by atoms with Gasteiger partial charge in [0, 0.05) is 19.0 Å². The number of carbonyl (C=O) groups excluding carboxylic acids is 4. The lowest BCUT2D eigenvalue weighted by Gasteiger charge is -2.25. The van der Waals surface area contributed by atoms with Crippen molar-refractivity contribution in [3.8, 4) is 0 Å². The molecule has 1 saturated heterocycles. The van der Waals surface area contributed by atoms with Crippen LogP contribution < -0.4 is 21.3 Å². The first-order chi connectivity index (χ1) is 15.3. The van der Waals surface area contributed by atoms with E-state index in [-0.39, 0.29) is 18.9 Å². The number of aliphatic hydroxyl groups is 1. The lowest BCUT2D eigenvalue weighted by molar-refractivity contribution is -0.133. The molecule has 0 spiro atoms. The molecule has 0 bridgehead atoms. The molecule has 0 aromatic rings. The predicted octanol–water partition coefficient (Wildman–Crippen LogP) is 1.46. The number of unbranched alkanes of at least 4 members (excludes halogenated alkanes) is 1. The summed E-state index contributed by atoms with van der Waals surface area (Å²) in [4.78, 5) is 48.0. The van der Waals surface area contributed by atoms with Crippen LogP contribution in [0.25, 0.3) is 0 Å². The van der Waals surface area contributed by atoms with Crippen molar-refractivity contribution in [2.75, 3.05) is 19.6 Å². The Bertz CT molecular complexity index is 630. The summed E-state index contributed by atoms with van der Waals surface area (Å²) in [6.07, 6.45) is 0.0656. The first kappa shape index (κ1) is 30.6. The van der Waals surface area contributed by atoms with Crippen molar-refractivity contribution < 1.29 is 29.0 Å². The molecule has 3 unspecified atom stereocenters. The largest absolute Gasteiger partial charge is 0.444 e. The van der Waals surface area contributed by atoms with Gasteiger partial charge in [-0.15, -0.1) is 0 Å². The average molecular weight is 473 g/mol. The highest BCUT2D eigenvalue weighted by Gasteiger charge is 2.34. The van der Waals surface area contributed by atoms with E-state index >= 15 is 0 Å². The van der Waals surface area contributed by atoms with Crippen LogP contribution in [0.3, 0.4) is 0 Å². The molecule has 1 aliphatic rings. The molecule has 33 heavy (non-hydrogen) atoms. The molecule has 0 radical (unpaired) electrons. The molecule has 10 nitrogen and oxygen atoms in total. The van der Waals surface area contributed by atoms with Crippen LogP contribution in [0.1, 0.15) is 74.1 Å². The third kappa shape index (κ3) is 15.2. The Morgan fingerprint density at radius 1 is 1.18 bits per heavy atom. The van der Waals surface area contributed by atoms with Gasteiger partial charge in [-0.2, -0.15) is 0 Å². The topological polar surface area (TPSA) is 146 Å². The van der Waals surface area contributed by atoms with Crippen molar-refractivity contribution in [3.63, 3.8) is 0 Å². The molecule has 0 saturated carbocycles. The van der Waals surface area contributed by atoms with Gasteiger partial charge in [-0.3, -0.25) is 14.4 Å². The number of amides is 4. The third-order valence-corrected chi connectivity index (χ3v) is 4.32. The van der Waals surface area contributed by atoms with E-state index in [1.807, 2.05) is 6.92 Å². The van der Waals surface area contributed by atoms with E-state index < -0.39 is 41.6 Å². The minimum Gasteiger partial charge on any atom is -0.444 e. The van der Waals surface area contributed by atoms with Crippen LogP contribution >= 0.6 is 0 Å². The molecule has 4 amide bonds. The van der Waals surface area contributed by atoms with Gasteiger partial charge in [0.1, 0.15) is 12.1 Å². The molecule has 5 N–H and O–H groups in total. The molecule has 1 heterocycles. The van der Waals surface area contributed by atoms with Crippen molar-refractivity contribution in [2.45, 2.75) is 91.9 Å². The molecule has 1 rings (SSSR count). The van der Waals surface area contributed by atoms with Crippen LogP contribution in [0.4, 0.5) is 4.79 Å². The number of hydrogen-bond donors (Lipinski definition) is 5. The van der Waals surface area contributed by atoms with Gasteiger partial charge in [-0.1, -0.05) is 34.1 Å². The number of hydrogen-bond acceptors (Lipinski definition) is 6. The van der Waals surface area contributed by atoms with Gasteiger partial charge in [0.2, 0.25) is 11.8 Å². The van der Waals surface area contributed by atoms with Gasteiger partial charge in [-0.25, -0.2) is 4.79 Å². The van der Waals surface area contributed by atoms with Crippen LogP contribution in [0.15, 0.2) is 0 Å². The number of carbonyl (C=O) groups is 4. The lowest BCUT2D eigenvalue weighted by atomic mass is 9.94. The summed E-state index contributed by atoms with van der Waals surface area (Å²) in [6.45, 7) is 14.1. The SMILES string of the molecule is CC(C)C.CCCCNC(=O)C(O)C(CC1CCNC1=O)NC(=O)CNC(=O)OC(C)(C)C. The predicted molar refractivity (Wildman–Crippen MR) is 126 cm³/mol. The quantitative estimate of drug-likeness (QED) is 0.304. The Morgan fingerprint density at radius 2 is 1.79 bits per heavy atom. The van der Waals surface area contributed by atoms with E-state index in [1.54, 1.807) is 20.8 Å². The summed E-state index contributed by atoms with van der Waals surface area (Å²) in [7, 11) is 0. The molecule has 192 valence electrons. The van der Waals surface area contributed by atoms with E-state index in [2.05, 4.69) is 42.0 Å². The molecule has 1 aliphatic heterocycles. The van der Waals surface area contributed by atoms with E-state index in [0.717, 1.165) is 18.8 Å². The van der Waals surface area contributed by atoms with E-state index in [9.17, 15) is 24.3 Å². The summed E-state index contributed by atoms with van der Waals surface area (Å²) >= 11 is 0. The average Bonchev–Trinajstić information content (AvgIpc) is 3.08. The smallest absolute Gasteiger partial charge is 0.408 e. The van der Waals surface area contributed by atoms with E-state index in [1.165, 1.54) is 0 Å². The highest BCUT2D eigenvalue weighted by atomic mass is 16.6. The van der Waals surface area contributed by atoms with Crippen LogP contribution in [0, 0.1) is 11.8 Å². The van der Waals surface area contributed by atoms with Gasteiger partial charge in [0.05, 0.1) is 6.04 Å². The summed E-state index contributed by atoms with van der Waals surface area (Å²) in [6, 6.07) is -0.960. The van der Waals surface area contributed by atoms with Crippen LogP contribution in [0.2, 0.25) is 0 Å². The molecular formula is C23H44N4O6. The Morgan fingerprint density at radius 3 is 2.27 bits per heavy atom. The van der Waals surface area contributed by atoms with E-state index in [4.69, 9.17) is 4.74 Å². The van der Waals surface area contributed by atoms with E-state index in [0.29, 0.717) is 19.5 Å². The molecule has 1 fully saturated rings. The minimum atomic E-state index is -1.51. The summed E-state index contributed by atoms with van der Waals surface area (Å²) in [5.41, 5.74) is -0.703. The zero-order chi connectivity index (χ0) is 25.6. The summed E-state index contributed by atoms with van der Waals surface area (Å²) in [5.74, 6) is -0.950. The van der Waals surface area contributed by atoms with Gasteiger partial charge in [0.15, 0.2) is 6.10 Å². The van der Waals surface area contributed by atoms with Gasteiger partial charge in [0.25, 0.3) is 5.91 Å². The number of alkyl carbamates (subject to hydrolysis) is 1. The van der Waals surface area contributed by atoms with Crippen LogP contribution in [-0.4, -0.2) is 66.3 Å². The number of aliphatic hydroxyl groups excluding tert-OH is 1. The van der Waals surface area contributed by atoms with Crippen LogP contribution in [0.5, 0.6) is 0 Å². The number of rotatable bonds is 10.